The number of benzene rings is 2. The Morgan fingerprint density at radius 1 is 1.32 bits per heavy atom. The molecule has 34 heavy (non-hydrogen) atoms. The van der Waals surface area contributed by atoms with Crippen molar-refractivity contribution in [1.82, 2.24) is 14.8 Å². The first-order chi connectivity index (χ1) is 16.4. The maximum atomic E-state index is 15.8. The first-order valence-corrected chi connectivity index (χ1v) is 10.9. The van der Waals surface area contributed by atoms with Crippen LogP contribution in [0.4, 0.5) is 13.2 Å². The summed E-state index contributed by atoms with van der Waals surface area (Å²) < 4.78 is 58.0. The SMILES string of the molecule is COc1cc(-n2c(C3CCOCC3)c([C@@H](F)CC(=O)O)c3c(F)c4[nH]ncc4cc32)ccc1F. The Bertz CT molecular complexity index is 1390. The monoisotopic (exact) mass is 473 g/mol. The average molecular weight is 473 g/mol. The summed E-state index contributed by atoms with van der Waals surface area (Å²) in [6, 6.07) is 5.87. The highest BCUT2D eigenvalue weighted by Crippen LogP contribution is 2.45. The predicted octanol–water partition coefficient (Wildman–Crippen LogP) is 5.17. The van der Waals surface area contributed by atoms with Crippen LogP contribution in [0.5, 0.6) is 5.75 Å². The number of carbonyl (C=O) groups is 1. The van der Waals surface area contributed by atoms with Crippen LogP contribution in [-0.2, 0) is 9.53 Å². The van der Waals surface area contributed by atoms with Crippen LogP contribution < -0.4 is 4.74 Å². The number of hydrogen-bond acceptors (Lipinski definition) is 4. The van der Waals surface area contributed by atoms with Crippen molar-refractivity contribution < 1.29 is 32.5 Å². The van der Waals surface area contributed by atoms with Gasteiger partial charge in [-0.15, -0.1) is 0 Å². The van der Waals surface area contributed by atoms with E-state index in [0.29, 0.717) is 48.3 Å². The fourth-order valence-electron chi connectivity index (χ4n) is 4.86. The van der Waals surface area contributed by atoms with Gasteiger partial charge in [-0.05, 0) is 31.0 Å². The first kappa shape index (κ1) is 22.3. The lowest BCUT2D eigenvalue weighted by molar-refractivity contribution is -0.138. The number of methoxy groups -OCH3 is 1. The number of carboxylic acid groups (broad SMARTS) is 1. The highest BCUT2D eigenvalue weighted by atomic mass is 19.1. The van der Waals surface area contributed by atoms with Crippen molar-refractivity contribution in [3.63, 3.8) is 0 Å². The van der Waals surface area contributed by atoms with Crippen LogP contribution in [0.15, 0.2) is 30.5 Å². The average Bonchev–Trinajstić information content (AvgIpc) is 3.43. The van der Waals surface area contributed by atoms with E-state index in [1.807, 2.05) is 0 Å². The van der Waals surface area contributed by atoms with Crippen molar-refractivity contribution in [3.05, 3.63) is 53.4 Å². The molecule has 5 rings (SSSR count). The number of alkyl halides is 1. The van der Waals surface area contributed by atoms with Gasteiger partial charge in [0.2, 0.25) is 0 Å². The van der Waals surface area contributed by atoms with E-state index in [1.54, 1.807) is 10.6 Å². The summed E-state index contributed by atoms with van der Waals surface area (Å²) in [7, 11) is 1.33. The van der Waals surface area contributed by atoms with Crippen molar-refractivity contribution in [2.75, 3.05) is 20.3 Å². The molecule has 1 aliphatic heterocycles. The van der Waals surface area contributed by atoms with Crippen LogP contribution in [0.2, 0.25) is 0 Å². The second-order valence-electron chi connectivity index (χ2n) is 8.32. The minimum atomic E-state index is -1.96. The third-order valence-corrected chi connectivity index (χ3v) is 6.35. The molecule has 0 spiro atoms. The Morgan fingerprint density at radius 3 is 2.79 bits per heavy atom. The maximum absolute atomic E-state index is 15.8. The quantitative estimate of drug-likeness (QED) is 0.403. The van der Waals surface area contributed by atoms with Crippen LogP contribution >= 0.6 is 0 Å². The number of fused-ring (bicyclic) bond motifs is 2. The second-order valence-corrected chi connectivity index (χ2v) is 8.32. The lowest BCUT2D eigenvalue weighted by atomic mass is 9.90. The Morgan fingerprint density at radius 2 is 2.09 bits per heavy atom. The third-order valence-electron chi connectivity index (χ3n) is 6.35. The summed E-state index contributed by atoms with van der Waals surface area (Å²) in [5.74, 6) is -2.87. The van der Waals surface area contributed by atoms with Gasteiger partial charge in [0.05, 0.1) is 25.2 Å². The molecule has 1 saturated heterocycles. The standard InChI is InChI=1S/C24H22F3N3O4/c1-33-18-9-14(2-3-15(18)25)30-17-8-13-11-28-29-23(13)22(27)21(17)20(16(26)10-19(31)32)24(30)12-4-6-34-7-5-12/h2-3,8-9,11-12,16H,4-7,10H2,1H3,(H,28,29)(H,31,32)/t16-/m0/s1. The minimum absolute atomic E-state index is 0.0124. The molecule has 178 valence electrons. The number of ether oxygens (including phenoxy) is 2. The number of rotatable bonds is 6. The van der Waals surface area contributed by atoms with E-state index in [-0.39, 0.29) is 28.1 Å². The van der Waals surface area contributed by atoms with Crippen molar-refractivity contribution in [2.45, 2.75) is 31.4 Å². The highest BCUT2D eigenvalue weighted by molar-refractivity contribution is 6.00. The fraction of sp³-hybridized carbons (Fsp3) is 0.333. The largest absolute Gasteiger partial charge is 0.494 e. The molecule has 1 aliphatic rings. The number of aliphatic carboxylic acids is 1. The van der Waals surface area contributed by atoms with Crippen LogP contribution in [0.1, 0.15) is 42.6 Å². The smallest absolute Gasteiger partial charge is 0.306 e. The van der Waals surface area contributed by atoms with E-state index < -0.39 is 30.2 Å². The van der Waals surface area contributed by atoms with Crippen LogP contribution in [0.25, 0.3) is 27.5 Å². The molecule has 10 heteroatoms. The summed E-state index contributed by atoms with van der Waals surface area (Å²) >= 11 is 0. The van der Waals surface area contributed by atoms with E-state index in [9.17, 15) is 14.3 Å². The molecule has 3 heterocycles. The van der Waals surface area contributed by atoms with E-state index in [4.69, 9.17) is 9.47 Å². The Labute approximate surface area is 192 Å². The molecule has 0 unspecified atom stereocenters. The van der Waals surface area contributed by atoms with Crippen molar-refractivity contribution >= 4 is 27.8 Å². The van der Waals surface area contributed by atoms with E-state index >= 15 is 8.78 Å². The topological polar surface area (TPSA) is 89.4 Å². The fourth-order valence-corrected chi connectivity index (χ4v) is 4.86. The molecule has 0 saturated carbocycles. The highest BCUT2D eigenvalue weighted by Gasteiger charge is 2.34. The van der Waals surface area contributed by atoms with Gasteiger partial charge in [-0.25, -0.2) is 13.2 Å². The molecule has 7 nitrogen and oxygen atoms in total. The Kier molecular flexibility index (Phi) is 5.68. The second kappa shape index (κ2) is 8.68. The number of nitrogens with one attached hydrogen (secondary N) is 1. The summed E-state index contributed by atoms with van der Waals surface area (Å²) in [6.45, 7) is 0.864. The van der Waals surface area contributed by atoms with Gasteiger partial charge in [0.15, 0.2) is 17.4 Å². The number of aromatic amines is 1. The molecule has 2 aromatic carbocycles. The molecule has 0 radical (unpaired) electrons. The molecule has 2 aromatic heterocycles. The van der Waals surface area contributed by atoms with Gasteiger partial charge < -0.3 is 19.1 Å². The van der Waals surface area contributed by atoms with Crippen molar-refractivity contribution in [1.29, 1.82) is 0 Å². The normalized spacial score (nSPS) is 15.8. The van der Waals surface area contributed by atoms with E-state index in [1.165, 1.54) is 31.5 Å². The van der Waals surface area contributed by atoms with Gasteiger partial charge in [0.1, 0.15) is 11.7 Å². The number of carboxylic acids is 1. The molecule has 1 atom stereocenters. The zero-order valence-electron chi connectivity index (χ0n) is 18.3. The molecule has 0 aliphatic carbocycles. The molecule has 0 amide bonds. The number of nitrogens with zero attached hydrogens (tertiary/aromatic N) is 2. The van der Waals surface area contributed by atoms with Gasteiger partial charge in [-0.1, -0.05) is 0 Å². The third kappa shape index (κ3) is 3.58. The maximum Gasteiger partial charge on any atom is 0.306 e. The van der Waals surface area contributed by atoms with Gasteiger partial charge in [-0.2, -0.15) is 5.10 Å². The van der Waals surface area contributed by atoms with Gasteiger partial charge in [0, 0.05) is 52.9 Å². The van der Waals surface area contributed by atoms with Crippen LogP contribution in [-0.4, -0.2) is 46.2 Å². The van der Waals surface area contributed by atoms with Gasteiger partial charge in [-0.3, -0.25) is 9.89 Å². The lowest BCUT2D eigenvalue weighted by Gasteiger charge is -2.26. The zero-order chi connectivity index (χ0) is 24.0. The van der Waals surface area contributed by atoms with Crippen molar-refractivity contribution in [2.24, 2.45) is 0 Å². The summed E-state index contributed by atoms with van der Waals surface area (Å²) in [4.78, 5) is 11.4. The van der Waals surface area contributed by atoms with E-state index in [0.717, 1.165) is 0 Å². The van der Waals surface area contributed by atoms with Gasteiger partial charge in [0.25, 0.3) is 0 Å². The first-order valence-electron chi connectivity index (χ1n) is 10.9. The number of hydrogen-bond donors (Lipinski definition) is 2. The number of aromatic nitrogens is 3. The summed E-state index contributed by atoms with van der Waals surface area (Å²) in [5.41, 5.74) is 1.33. The number of halogens is 3. The Hall–Kier alpha value is -3.53. The van der Waals surface area contributed by atoms with Gasteiger partial charge >= 0.3 is 5.97 Å². The van der Waals surface area contributed by atoms with E-state index in [2.05, 4.69) is 10.2 Å². The molecule has 1 fully saturated rings. The summed E-state index contributed by atoms with van der Waals surface area (Å²) in [6.07, 6.45) is -0.234. The molecule has 4 aromatic rings. The van der Waals surface area contributed by atoms with Crippen LogP contribution in [0.3, 0.4) is 0 Å². The zero-order valence-corrected chi connectivity index (χ0v) is 18.3. The predicted molar refractivity (Wildman–Crippen MR) is 118 cm³/mol. The Balaban J connectivity index is 1.91. The molecule has 2 N–H and O–H groups in total. The lowest BCUT2D eigenvalue weighted by Crippen LogP contribution is -2.19. The van der Waals surface area contributed by atoms with Crippen molar-refractivity contribution in [3.8, 4) is 11.4 Å². The minimum Gasteiger partial charge on any atom is -0.494 e. The molecular weight excluding hydrogens is 451 g/mol. The van der Waals surface area contributed by atoms with Crippen LogP contribution in [0, 0.1) is 11.6 Å². The molecule has 0 bridgehead atoms. The number of H-pyrrole nitrogens is 1. The summed E-state index contributed by atoms with van der Waals surface area (Å²) in [5, 5.41) is 16.3. The molecular formula is C24H22F3N3O4.